The van der Waals surface area contributed by atoms with Crippen LogP contribution in [-0.2, 0) is 17.0 Å². The molecule has 29 heavy (non-hydrogen) atoms. The van der Waals surface area contributed by atoms with Crippen molar-refractivity contribution in [3.05, 3.63) is 75.7 Å². The van der Waals surface area contributed by atoms with Crippen LogP contribution in [0, 0.1) is 6.92 Å². The fourth-order valence-corrected chi connectivity index (χ4v) is 4.22. The molecular formula is C21H21N3O3S2. The number of rotatable bonds is 7. The molecule has 2 N–H and O–H groups in total. The van der Waals surface area contributed by atoms with E-state index in [4.69, 9.17) is 0 Å². The zero-order chi connectivity index (χ0) is 20.6. The Bertz CT molecular complexity index is 987. The molecule has 150 valence electrons. The summed E-state index contributed by atoms with van der Waals surface area (Å²) >= 11 is 3.23. The minimum atomic E-state index is -0.520. The predicted molar refractivity (Wildman–Crippen MR) is 116 cm³/mol. The molecule has 0 aliphatic rings. The molecular weight excluding hydrogens is 406 g/mol. The summed E-state index contributed by atoms with van der Waals surface area (Å²) in [4.78, 5) is 29.3. The van der Waals surface area contributed by atoms with Crippen molar-refractivity contribution in [2.75, 3.05) is 12.4 Å². The molecule has 2 amide bonds. The standard InChI is InChI=1S/C21H21N3O3S2/c1-14-23-17(12-28-14)13-29-19-6-4-3-5-18(19)20(25)22-11-15-7-9-16(10-8-15)24-21(26)27-2/h3-10,12H,11,13H2,1-2H3,(H,22,25)(H,24,26). The number of aromatic nitrogens is 1. The number of nitrogens with zero attached hydrogens (tertiary/aromatic N) is 1. The van der Waals surface area contributed by atoms with Gasteiger partial charge in [0.15, 0.2) is 0 Å². The first kappa shape index (κ1) is 20.9. The van der Waals surface area contributed by atoms with E-state index in [1.807, 2.05) is 48.7 Å². The van der Waals surface area contributed by atoms with Crippen LogP contribution in [0.3, 0.4) is 0 Å². The van der Waals surface area contributed by atoms with Crippen LogP contribution in [0.4, 0.5) is 10.5 Å². The van der Waals surface area contributed by atoms with E-state index in [-0.39, 0.29) is 5.91 Å². The summed E-state index contributed by atoms with van der Waals surface area (Å²) in [6.45, 7) is 2.37. The number of amides is 2. The van der Waals surface area contributed by atoms with Gasteiger partial charge in [-0.1, -0.05) is 24.3 Å². The number of hydrogen-bond donors (Lipinski definition) is 2. The van der Waals surface area contributed by atoms with Crippen LogP contribution in [0.1, 0.15) is 26.6 Å². The first-order valence-electron chi connectivity index (χ1n) is 8.90. The molecule has 6 nitrogen and oxygen atoms in total. The second-order valence-corrected chi connectivity index (χ2v) is 8.22. The fourth-order valence-electron chi connectivity index (χ4n) is 2.56. The lowest BCUT2D eigenvalue weighted by atomic mass is 10.2. The van der Waals surface area contributed by atoms with E-state index in [2.05, 4.69) is 20.4 Å². The lowest BCUT2D eigenvalue weighted by Gasteiger charge is -2.10. The molecule has 0 aliphatic carbocycles. The first-order valence-corrected chi connectivity index (χ1v) is 10.8. The molecule has 0 spiro atoms. The molecule has 0 saturated carbocycles. The average Bonchev–Trinajstić information content (AvgIpc) is 3.16. The minimum Gasteiger partial charge on any atom is -0.453 e. The highest BCUT2D eigenvalue weighted by molar-refractivity contribution is 7.98. The van der Waals surface area contributed by atoms with Crippen LogP contribution in [-0.4, -0.2) is 24.1 Å². The van der Waals surface area contributed by atoms with Crippen LogP contribution in [0.5, 0.6) is 0 Å². The molecule has 0 aliphatic heterocycles. The minimum absolute atomic E-state index is 0.126. The summed E-state index contributed by atoms with van der Waals surface area (Å²) < 4.78 is 4.56. The highest BCUT2D eigenvalue weighted by atomic mass is 32.2. The second-order valence-electron chi connectivity index (χ2n) is 6.14. The van der Waals surface area contributed by atoms with Gasteiger partial charge in [0.05, 0.1) is 23.4 Å². The van der Waals surface area contributed by atoms with Gasteiger partial charge in [-0.05, 0) is 36.8 Å². The number of carbonyl (C=O) groups excluding carboxylic acids is 2. The van der Waals surface area contributed by atoms with Crippen LogP contribution in [0.25, 0.3) is 0 Å². The maximum absolute atomic E-state index is 12.7. The van der Waals surface area contributed by atoms with Crippen molar-refractivity contribution in [2.45, 2.75) is 24.1 Å². The Morgan fingerprint density at radius 1 is 1.14 bits per heavy atom. The van der Waals surface area contributed by atoms with E-state index < -0.39 is 6.09 Å². The van der Waals surface area contributed by atoms with Gasteiger partial charge >= 0.3 is 6.09 Å². The SMILES string of the molecule is COC(=O)Nc1ccc(CNC(=O)c2ccccc2SCc2csc(C)n2)cc1. The Labute approximate surface area is 177 Å². The highest BCUT2D eigenvalue weighted by Crippen LogP contribution is 2.27. The Balaban J connectivity index is 1.58. The van der Waals surface area contributed by atoms with Gasteiger partial charge in [0.2, 0.25) is 0 Å². The fraction of sp³-hybridized carbons (Fsp3) is 0.190. The Morgan fingerprint density at radius 3 is 2.59 bits per heavy atom. The number of benzene rings is 2. The number of nitrogens with one attached hydrogen (secondary N) is 2. The van der Waals surface area contributed by atoms with Crippen molar-refractivity contribution in [3.8, 4) is 0 Å². The zero-order valence-electron chi connectivity index (χ0n) is 16.1. The molecule has 0 unspecified atom stereocenters. The first-order chi connectivity index (χ1) is 14.0. The molecule has 0 bridgehead atoms. The quantitative estimate of drug-likeness (QED) is 0.527. The van der Waals surface area contributed by atoms with Crippen molar-refractivity contribution in [1.29, 1.82) is 0 Å². The van der Waals surface area contributed by atoms with E-state index >= 15 is 0 Å². The number of thiazole rings is 1. The van der Waals surface area contributed by atoms with Gasteiger partial charge in [-0.25, -0.2) is 9.78 Å². The van der Waals surface area contributed by atoms with Crippen molar-refractivity contribution >= 4 is 40.8 Å². The number of ether oxygens (including phenoxy) is 1. The third-order valence-corrected chi connectivity index (χ3v) is 5.94. The van der Waals surface area contributed by atoms with Gasteiger partial charge in [-0.2, -0.15) is 0 Å². The Kier molecular flexibility index (Phi) is 7.26. The van der Waals surface area contributed by atoms with Crippen molar-refractivity contribution in [3.63, 3.8) is 0 Å². The Morgan fingerprint density at radius 2 is 1.90 bits per heavy atom. The number of aryl methyl sites for hydroxylation is 1. The maximum atomic E-state index is 12.7. The molecule has 3 aromatic rings. The number of anilines is 1. The smallest absolute Gasteiger partial charge is 0.411 e. The zero-order valence-corrected chi connectivity index (χ0v) is 17.7. The molecule has 1 aromatic heterocycles. The number of thioether (sulfide) groups is 1. The molecule has 0 atom stereocenters. The van der Waals surface area contributed by atoms with Crippen LogP contribution in [0.15, 0.2) is 58.8 Å². The summed E-state index contributed by atoms with van der Waals surface area (Å²) in [5.41, 5.74) is 3.23. The third-order valence-electron chi connectivity index (χ3n) is 4.01. The largest absolute Gasteiger partial charge is 0.453 e. The average molecular weight is 428 g/mol. The van der Waals surface area contributed by atoms with Gasteiger partial charge in [0.25, 0.3) is 5.91 Å². The summed E-state index contributed by atoms with van der Waals surface area (Å²) in [5.74, 6) is 0.600. The van der Waals surface area contributed by atoms with Gasteiger partial charge in [-0.3, -0.25) is 10.1 Å². The third kappa shape index (κ3) is 6.07. The molecule has 0 fully saturated rings. The van der Waals surface area contributed by atoms with E-state index in [0.29, 0.717) is 17.8 Å². The van der Waals surface area contributed by atoms with Gasteiger partial charge in [0.1, 0.15) is 0 Å². The lowest BCUT2D eigenvalue weighted by Crippen LogP contribution is -2.23. The van der Waals surface area contributed by atoms with Crippen LogP contribution >= 0.6 is 23.1 Å². The molecule has 0 saturated heterocycles. The summed E-state index contributed by atoms with van der Waals surface area (Å²) in [7, 11) is 1.31. The molecule has 0 radical (unpaired) electrons. The van der Waals surface area contributed by atoms with Crippen molar-refractivity contribution in [2.24, 2.45) is 0 Å². The summed E-state index contributed by atoms with van der Waals surface area (Å²) in [6.07, 6.45) is -0.520. The predicted octanol–water partition coefficient (Wildman–Crippen LogP) is 4.85. The van der Waals surface area contributed by atoms with E-state index in [9.17, 15) is 9.59 Å². The van der Waals surface area contributed by atoms with E-state index in [1.54, 1.807) is 35.2 Å². The van der Waals surface area contributed by atoms with Crippen LogP contribution < -0.4 is 10.6 Å². The monoisotopic (exact) mass is 427 g/mol. The second kappa shape index (κ2) is 10.1. The summed E-state index contributed by atoms with van der Waals surface area (Å²) in [6, 6.07) is 14.8. The number of carbonyl (C=O) groups is 2. The number of hydrogen-bond acceptors (Lipinski definition) is 6. The van der Waals surface area contributed by atoms with Crippen LogP contribution in [0.2, 0.25) is 0 Å². The van der Waals surface area contributed by atoms with Crippen molar-refractivity contribution in [1.82, 2.24) is 10.3 Å². The molecule has 1 heterocycles. The van der Waals surface area contributed by atoms with Gasteiger partial charge < -0.3 is 10.1 Å². The van der Waals surface area contributed by atoms with Gasteiger partial charge in [0, 0.05) is 28.3 Å². The lowest BCUT2D eigenvalue weighted by molar-refractivity contribution is 0.0948. The molecule has 8 heteroatoms. The maximum Gasteiger partial charge on any atom is 0.411 e. The normalized spacial score (nSPS) is 10.4. The number of methoxy groups -OCH3 is 1. The van der Waals surface area contributed by atoms with Gasteiger partial charge in [-0.15, -0.1) is 23.1 Å². The van der Waals surface area contributed by atoms with E-state index in [0.717, 1.165) is 26.9 Å². The topological polar surface area (TPSA) is 80.3 Å². The van der Waals surface area contributed by atoms with Crippen molar-refractivity contribution < 1.29 is 14.3 Å². The Hall–Kier alpha value is -2.84. The molecule has 2 aromatic carbocycles. The molecule has 3 rings (SSSR count). The van der Waals surface area contributed by atoms with E-state index in [1.165, 1.54) is 7.11 Å². The highest BCUT2D eigenvalue weighted by Gasteiger charge is 2.12. The summed E-state index contributed by atoms with van der Waals surface area (Å²) in [5, 5.41) is 8.63.